The first-order chi connectivity index (χ1) is 24.0. The minimum absolute atomic E-state index is 0.115. The van der Waals surface area contributed by atoms with E-state index in [4.69, 9.17) is 5.73 Å². The van der Waals surface area contributed by atoms with Gasteiger partial charge in [-0.25, -0.2) is 0 Å². The van der Waals surface area contributed by atoms with Gasteiger partial charge in [-0.15, -0.1) is 0 Å². The molecular formula is C47H40N2. The predicted octanol–water partition coefficient (Wildman–Crippen LogP) is 11.3. The monoisotopic (exact) mass is 632 g/mol. The first-order valence-corrected chi connectivity index (χ1v) is 17.2. The normalized spacial score (nSPS) is 13.9. The highest BCUT2D eigenvalue weighted by atomic mass is 15.0. The number of nitrogens with one attached hydrogen (secondary N) is 1. The van der Waals surface area contributed by atoms with Crippen LogP contribution in [0.4, 0.5) is 0 Å². The number of allylic oxidation sites excluding steroid dienone is 1. The van der Waals surface area contributed by atoms with Crippen LogP contribution in [0.1, 0.15) is 47.8 Å². The summed E-state index contributed by atoms with van der Waals surface area (Å²) >= 11 is 0. The standard InChI is InChI=1S/C47H40N2/c1-47(2)42-26-14-25-40(45(42)41-30-36-20-9-10-21-37(36)31-43(41)47)38-23-11-12-24-39(38)44(49-46(48)34-18-7-4-8-19-34)28-27-32-15-13-22-35(29-32)33-16-5-3-6-17-33/h3-26,28-31,46,49H,27,48H2,1-2H3/b44-28-. The zero-order chi connectivity index (χ0) is 33.4. The van der Waals surface area contributed by atoms with E-state index in [0.717, 1.165) is 23.2 Å². The van der Waals surface area contributed by atoms with Gasteiger partial charge in [0.2, 0.25) is 0 Å². The van der Waals surface area contributed by atoms with E-state index >= 15 is 0 Å². The summed E-state index contributed by atoms with van der Waals surface area (Å²) in [5.74, 6) is 0. The fraction of sp³-hybridized carbons (Fsp3) is 0.106. The Labute approximate surface area is 289 Å². The lowest BCUT2D eigenvalue weighted by atomic mass is 9.81. The molecule has 238 valence electrons. The van der Waals surface area contributed by atoms with Gasteiger partial charge >= 0.3 is 0 Å². The molecule has 0 spiro atoms. The molecule has 0 fully saturated rings. The van der Waals surface area contributed by atoms with Gasteiger partial charge in [0.05, 0.1) is 0 Å². The highest BCUT2D eigenvalue weighted by molar-refractivity contribution is 6.00. The van der Waals surface area contributed by atoms with Crippen LogP contribution in [0.2, 0.25) is 0 Å². The van der Waals surface area contributed by atoms with Gasteiger partial charge in [0.1, 0.15) is 6.17 Å². The molecule has 0 radical (unpaired) electrons. The molecule has 0 aromatic heterocycles. The predicted molar refractivity (Wildman–Crippen MR) is 207 cm³/mol. The number of hydrogen-bond donors (Lipinski definition) is 2. The Hall–Kier alpha value is -5.70. The molecule has 0 aliphatic heterocycles. The van der Waals surface area contributed by atoms with Crippen molar-refractivity contribution in [3.8, 4) is 33.4 Å². The van der Waals surface area contributed by atoms with Crippen LogP contribution in [-0.2, 0) is 11.8 Å². The van der Waals surface area contributed by atoms with Crippen molar-refractivity contribution in [1.82, 2.24) is 5.32 Å². The van der Waals surface area contributed by atoms with Crippen LogP contribution in [0.25, 0.3) is 49.9 Å². The van der Waals surface area contributed by atoms with Gasteiger partial charge in [0.25, 0.3) is 0 Å². The highest BCUT2D eigenvalue weighted by Gasteiger charge is 2.37. The van der Waals surface area contributed by atoms with Gasteiger partial charge < -0.3 is 11.1 Å². The number of rotatable bonds is 8. The Morgan fingerprint density at radius 1 is 0.592 bits per heavy atom. The maximum atomic E-state index is 6.88. The molecule has 49 heavy (non-hydrogen) atoms. The van der Waals surface area contributed by atoms with Gasteiger partial charge in [-0.2, -0.15) is 0 Å². The number of hydrogen-bond acceptors (Lipinski definition) is 2. The van der Waals surface area contributed by atoms with Crippen molar-refractivity contribution in [2.24, 2.45) is 5.73 Å². The van der Waals surface area contributed by atoms with Gasteiger partial charge in [0.15, 0.2) is 0 Å². The van der Waals surface area contributed by atoms with Crippen molar-refractivity contribution in [2.75, 3.05) is 0 Å². The molecule has 0 amide bonds. The van der Waals surface area contributed by atoms with E-state index in [1.165, 1.54) is 60.8 Å². The van der Waals surface area contributed by atoms with Crippen molar-refractivity contribution < 1.29 is 0 Å². The molecule has 0 saturated heterocycles. The zero-order valence-corrected chi connectivity index (χ0v) is 28.0. The molecule has 1 aliphatic carbocycles. The summed E-state index contributed by atoms with van der Waals surface area (Å²) in [5.41, 5.74) is 21.5. The maximum absolute atomic E-state index is 6.88. The molecule has 1 atom stereocenters. The van der Waals surface area contributed by atoms with Crippen molar-refractivity contribution in [1.29, 1.82) is 0 Å². The molecule has 1 unspecified atom stereocenters. The van der Waals surface area contributed by atoms with Crippen molar-refractivity contribution in [3.05, 3.63) is 198 Å². The SMILES string of the molecule is CC1(C)c2cc3ccccc3cc2-c2c(-c3ccccc3/C(=C/Cc3cccc(-c4ccccc4)c3)NC(N)c3ccccc3)cccc21. The van der Waals surface area contributed by atoms with E-state index in [-0.39, 0.29) is 11.6 Å². The largest absolute Gasteiger partial charge is 0.366 e. The minimum atomic E-state index is -0.372. The summed E-state index contributed by atoms with van der Waals surface area (Å²) < 4.78 is 0. The van der Waals surface area contributed by atoms with Crippen LogP contribution in [0.3, 0.4) is 0 Å². The lowest BCUT2D eigenvalue weighted by molar-refractivity contribution is 0.661. The molecular weight excluding hydrogens is 593 g/mol. The lowest BCUT2D eigenvalue weighted by Gasteiger charge is -2.23. The van der Waals surface area contributed by atoms with E-state index in [1.807, 2.05) is 18.2 Å². The average Bonchev–Trinajstić information content (AvgIpc) is 3.38. The van der Waals surface area contributed by atoms with E-state index in [0.29, 0.717) is 0 Å². The Balaban J connectivity index is 1.26. The van der Waals surface area contributed by atoms with E-state index in [2.05, 4.69) is 171 Å². The zero-order valence-electron chi connectivity index (χ0n) is 28.0. The Morgan fingerprint density at radius 2 is 1.22 bits per heavy atom. The quantitative estimate of drug-likeness (QED) is 0.164. The summed E-state index contributed by atoms with van der Waals surface area (Å²) in [6.07, 6.45) is 2.69. The van der Waals surface area contributed by atoms with Gasteiger partial charge in [0, 0.05) is 16.7 Å². The van der Waals surface area contributed by atoms with Crippen LogP contribution in [0.15, 0.2) is 170 Å². The second-order valence-corrected chi connectivity index (χ2v) is 13.6. The van der Waals surface area contributed by atoms with Gasteiger partial charge in [-0.1, -0.05) is 172 Å². The number of benzene rings is 7. The van der Waals surface area contributed by atoms with Gasteiger partial charge in [-0.05, 0) is 85.0 Å². The molecule has 2 heteroatoms. The second-order valence-electron chi connectivity index (χ2n) is 13.6. The summed E-state index contributed by atoms with van der Waals surface area (Å²) in [5, 5.41) is 6.29. The fourth-order valence-electron chi connectivity index (χ4n) is 7.54. The minimum Gasteiger partial charge on any atom is -0.366 e. The van der Waals surface area contributed by atoms with Crippen LogP contribution in [-0.4, -0.2) is 0 Å². The van der Waals surface area contributed by atoms with Gasteiger partial charge in [-0.3, -0.25) is 0 Å². The maximum Gasteiger partial charge on any atom is 0.101 e. The van der Waals surface area contributed by atoms with Crippen LogP contribution < -0.4 is 11.1 Å². The Bertz CT molecular complexity index is 2320. The average molecular weight is 633 g/mol. The molecule has 7 aromatic carbocycles. The molecule has 7 aromatic rings. The van der Waals surface area contributed by atoms with Crippen LogP contribution in [0.5, 0.6) is 0 Å². The van der Waals surface area contributed by atoms with Crippen molar-refractivity contribution in [3.63, 3.8) is 0 Å². The lowest BCUT2D eigenvalue weighted by Crippen LogP contribution is -2.27. The third kappa shape index (κ3) is 5.75. The number of nitrogens with two attached hydrogens (primary N) is 1. The summed E-state index contributed by atoms with van der Waals surface area (Å²) in [4.78, 5) is 0. The molecule has 2 nitrogen and oxygen atoms in total. The summed E-state index contributed by atoms with van der Waals surface area (Å²) in [6.45, 7) is 4.72. The Morgan fingerprint density at radius 3 is 2.02 bits per heavy atom. The third-order valence-electron chi connectivity index (χ3n) is 10.1. The molecule has 1 aliphatic rings. The van der Waals surface area contributed by atoms with Crippen LogP contribution >= 0.6 is 0 Å². The molecule has 3 N–H and O–H groups in total. The van der Waals surface area contributed by atoms with E-state index < -0.39 is 0 Å². The topological polar surface area (TPSA) is 38.0 Å². The highest BCUT2D eigenvalue weighted by Crippen LogP contribution is 2.53. The van der Waals surface area contributed by atoms with Crippen LogP contribution in [0, 0.1) is 0 Å². The second kappa shape index (κ2) is 12.7. The number of fused-ring (bicyclic) bond motifs is 4. The summed E-state index contributed by atoms with van der Waals surface area (Å²) in [6, 6.07) is 58.8. The molecule has 0 heterocycles. The Kier molecular flexibility index (Phi) is 7.95. The smallest absolute Gasteiger partial charge is 0.101 e. The first-order valence-electron chi connectivity index (χ1n) is 17.2. The third-order valence-corrected chi connectivity index (χ3v) is 10.1. The van der Waals surface area contributed by atoms with E-state index in [9.17, 15) is 0 Å². The van der Waals surface area contributed by atoms with Crippen molar-refractivity contribution in [2.45, 2.75) is 31.8 Å². The molecule has 0 saturated carbocycles. The first kappa shape index (κ1) is 30.6. The van der Waals surface area contributed by atoms with E-state index in [1.54, 1.807) is 0 Å². The van der Waals surface area contributed by atoms with Crippen molar-refractivity contribution >= 4 is 16.5 Å². The molecule has 0 bridgehead atoms. The molecule has 8 rings (SSSR count). The summed E-state index contributed by atoms with van der Waals surface area (Å²) in [7, 11) is 0. The fourth-order valence-corrected chi connectivity index (χ4v) is 7.54.